The van der Waals surface area contributed by atoms with Gasteiger partial charge in [0.1, 0.15) is 0 Å². The molecule has 0 radical (unpaired) electrons. The van der Waals surface area contributed by atoms with Crippen LogP contribution < -0.4 is 25.6 Å². The third-order valence-electron chi connectivity index (χ3n) is 7.20. The van der Waals surface area contributed by atoms with Crippen molar-refractivity contribution in [2.75, 3.05) is 12.0 Å². The summed E-state index contributed by atoms with van der Waals surface area (Å²) in [6, 6.07) is 16.3. The van der Waals surface area contributed by atoms with Crippen LogP contribution in [0.25, 0.3) is 17.2 Å². The van der Waals surface area contributed by atoms with Gasteiger partial charge in [-0.2, -0.15) is 4.98 Å². The fourth-order valence-electron chi connectivity index (χ4n) is 4.88. The number of ether oxygens (including phenoxy) is 2. The first kappa shape index (κ1) is 31.5. The molecule has 15 heteroatoms. The summed E-state index contributed by atoms with van der Waals surface area (Å²) >= 11 is 19.4. The van der Waals surface area contributed by atoms with Crippen molar-refractivity contribution < 1.29 is 19.1 Å². The van der Waals surface area contributed by atoms with Gasteiger partial charge in [-0.15, -0.1) is 0 Å². The number of carbonyl (C=O) groups excluding carboxylic acids is 2. The van der Waals surface area contributed by atoms with E-state index >= 15 is 0 Å². The molecule has 1 aliphatic rings. The van der Waals surface area contributed by atoms with Crippen molar-refractivity contribution in [3.05, 3.63) is 113 Å². The molecule has 0 spiro atoms. The number of aromatic nitrogens is 4. The van der Waals surface area contributed by atoms with Crippen molar-refractivity contribution in [2.24, 2.45) is 14.1 Å². The summed E-state index contributed by atoms with van der Waals surface area (Å²) in [7, 11) is 4.32. The van der Waals surface area contributed by atoms with E-state index in [1.54, 1.807) is 60.7 Å². The highest BCUT2D eigenvalue weighted by molar-refractivity contribution is 8.19. The standard InChI is InChI=1S/C31H22Cl3N5O6S/c1-36-26-25(28(41)37(2)30(36)42)38(15-17-8-9-19(33)14-21(17)34)29(35-26)45-22-10-7-16(11-23(22)44-3)12-24-27(40)39(31(43)46-24)20-6-4-5-18(32)13-20/h4-14H,15H2,1-3H3. The quantitative estimate of drug-likeness (QED) is 0.177. The zero-order valence-electron chi connectivity index (χ0n) is 24.3. The Labute approximate surface area is 280 Å². The van der Waals surface area contributed by atoms with Crippen molar-refractivity contribution in [3.63, 3.8) is 0 Å². The second kappa shape index (κ2) is 12.4. The van der Waals surface area contributed by atoms with Gasteiger partial charge in [-0.3, -0.25) is 28.1 Å². The molecule has 1 saturated heterocycles. The van der Waals surface area contributed by atoms with E-state index in [1.807, 2.05) is 0 Å². The minimum absolute atomic E-state index is 0.00647. The molecular formula is C31H22Cl3N5O6S. The maximum absolute atomic E-state index is 13.3. The summed E-state index contributed by atoms with van der Waals surface area (Å²) in [6.45, 7) is 0.0677. The van der Waals surface area contributed by atoms with E-state index in [4.69, 9.17) is 44.3 Å². The van der Waals surface area contributed by atoms with E-state index in [-0.39, 0.29) is 40.1 Å². The molecule has 0 saturated carbocycles. The SMILES string of the molecule is COc1cc(C=C2SC(=O)N(c3cccc(Cl)c3)C2=O)ccc1Oc1nc2c(c(=O)n(C)c(=O)n2C)n1Cc1ccc(Cl)cc1Cl. The number of thioether (sulfide) groups is 1. The van der Waals surface area contributed by atoms with Gasteiger partial charge >= 0.3 is 11.7 Å². The number of aryl methyl sites for hydroxylation is 1. The molecule has 3 aromatic carbocycles. The maximum atomic E-state index is 13.3. The fourth-order valence-corrected chi connectivity index (χ4v) is 6.38. The number of imide groups is 1. The summed E-state index contributed by atoms with van der Waals surface area (Å²) in [5, 5.41) is 0.751. The summed E-state index contributed by atoms with van der Waals surface area (Å²) < 4.78 is 15.6. The average Bonchev–Trinajstić information content (AvgIpc) is 3.52. The number of carbonyl (C=O) groups is 2. The number of nitrogens with zero attached hydrogens (tertiary/aromatic N) is 5. The first-order valence-corrected chi connectivity index (χ1v) is 15.4. The van der Waals surface area contributed by atoms with Crippen LogP contribution in [0.15, 0.2) is 75.2 Å². The molecule has 2 amide bonds. The predicted molar refractivity (Wildman–Crippen MR) is 179 cm³/mol. The molecule has 6 rings (SSSR count). The van der Waals surface area contributed by atoms with Gasteiger partial charge in [-0.05, 0) is 71.4 Å². The van der Waals surface area contributed by atoms with E-state index in [2.05, 4.69) is 4.98 Å². The van der Waals surface area contributed by atoms with E-state index in [9.17, 15) is 19.2 Å². The minimum Gasteiger partial charge on any atom is -0.493 e. The van der Waals surface area contributed by atoms with Gasteiger partial charge in [0.2, 0.25) is 0 Å². The zero-order chi connectivity index (χ0) is 32.9. The third-order valence-corrected chi connectivity index (χ3v) is 8.89. The van der Waals surface area contributed by atoms with Crippen LogP contribution in [-0.2, 0) is 25.4 Å². The number of imidazole rings is 1. The van der Waals surface area contributed by atoms with Crippen LogP contribution in [-0.4, -0.2) is 36.9 Å². The number of fused-ring (bicyclic) bond motifs is 1. The molecule has 0 aliphatic carbocycles. The summed E-state index contributed by atoms with van der Waals surface area (Å²) in [4.78, 5) is 57.6. The van der Waals surface area contributed by atoms with Crippen LogP contribution in [0.4, 0.5) is 10.5 Å². The van der Waals surface area contributed by atoms with Crippen LogP contribution >= 0.6 is 46.6 Å². The van der Waals surface area contributed by atoms with Crippen molar-refractivity contribution >= 4 is 80.6 Å². The minimum atomic E-state index is -0.570. The first-order valence-electron chi connectivity index (χ1n) is 13.5. The number of rotatable bonds is 7. The summed E-state index contributed by atoms with van der Waals surface area (Å²) in [5.41, 5.74) is 0.656. The number of methoxy groups -OCH3 is 1. The monoisotopic (exact) mass is 697 g/mol. The molecule has 11 nitrogen and oxygen atoms in total. The Morgan fingerprint density at radius 1 is 0.891 bits per heavy atom. The highest BCUT2D eigenvalue weighted by Crippen LogP contribution is 2.39. The molecule has 234 valence electrons. The number of benzene rings is 3. The van der Waals surface area contributed by atoms with Gasteiger partial charge < -0.3 is 9.47 Å². The lowest BCUT2D eigenvalue weighted by Crippen LogP contribution is -2.37. The number of hydrogen-bond acceptors (Lipinski definition) is 8. The van der Waals surface area contributed by atoms with Gasteiger partial charge in [0.15, 0.2) is 22.7 Å². The lowest BCUT2D eigenvalue weighted by molar-refractivity contribution is -0.113. The van der Waals surface area contributed by atoms with E-state index in [1.165, 1.54) is 36.4 Å². The van der Waals surface area contributed by atoms with Gasteiger partial charge in [-0.25, -0.2) is 9.69 Å². The Hall–Kier alpha value is -4.49. The highest BCUT2D eigenvalue weighted by atomic mass is 35.5. The topological polar surface area (TPSA) is 118 Å². The normalized spacial score (nSPS) is 14.1. The molecule has 46 heavy (non-hydrogen) atoms. The van der Waals surface area contributed by atoms with E-state index < -0.39 is 22.4 Å². The lowest BCUT2D eigenvalue weighted by Gasteiger charge is -2.14. The first-order chi connectivity index (χ1) is 22.0. The van der Waals surface area contributed by atoms with Gasteiger partial charge in [0.05, 0.1) is 24.2 Å². The fraction of sp³-hybridized carbons (Fsp3) is 0.129. The van der Waals surface area contributed by atoms with Crippen molar-refractivity contribution in [1.82, 2.24) is 18.7 Å². The summed E-state index contributed by atoms with van der Waals surface area (Å²) in [6.07, 6.45) is 1.57. The highest BCUT2D eigenvalue weighted by Gasteiger charge is 2.36. The van der Waals surface area contributed by atoms with Gasteiger partial charge in [-0.1, -0.05) is 53.0 Å². The van der Waals surface area contributed by atoms with Gasteiger partial charge in [0, 0.05) is 29.2 Å². The molecule has 0 atom stereocenters. The lowest BCUT2D eigenvalue weighted by atomic mass is 10.2. The largest absolute Gasteiger partial charge is 0.493 e. The number of halogens is 3. The van der Waals surface area contributed by atoms with Crippen LogP contribution in [0.2, 0.25) is 15.1 Å². The van der Waals surface area contributed by atoms with E-state index in [0.29, 0.717) is 31.9 Å². The van der Waals surface area contributed by atoms with Gasteiger partial charge in [0.25, 0.3) is 16.7 Å². The Morgan fingerprint density at radius 3 is 2.37 bits per heavy atom. The molecule has 0 N–H and O–H groups in total. The van der Waals surface area contributed by atoms with Crippen molar-refractivity contribution in [3.8, 4) is 17.5 Å². The Morgan fingerprint density at radius 2 is 1.65 bits per heavy atom. The van der Waals surface area contributed by atoms with Crippen LogP contribution in [0, 0.1) is 0 Å². The van der Waals surface area contributed by atoms with Crippen molar-refractivity contribution in [1.29, 1.82) is 0 Å². The Balaban J connectivity index is 1.38. The van der Waals surface area contributed by atoms with Crippen LogP contribution in [0.1, 0.15) is 11.1 Å². The zero-order valence-corrected chi connectivity index (χ0v) is 27.4. The number of anilines is 1. The second-order valence-electron chi connectivity index (χ2n) is 10.1. The molecule has 2 aromatic heterocycles. The van der Waals surface area contributed by atoms with Crippen LogP contribution in [0.5, 0.6) is 17.5 Å². The molecule has 1 aliphatic heterocycles. The summed E-state index contributed by atoms with van der Waals surface area (Å²) in [5.74, 6) is 0.0124. The third kappa shape index (κ3) is 5.69. The smallest absolute Gasteiger partial charge is 0.332 e. The Bertz CT molecular complexity index is 2240. The maximum Gasteiger partial charge on any atom is 0.332 e. The number of hydrogen-bond donors (Lipinski definition) is 0. The molecule has 1 fully saturated rings. The Kier molecular flexibility index (Phi) is 8.47. The van der Waals surface area contributed by atoms with E-state index in [0.717, 1.165) is 21.2 Å². The second-order valence-corrected chi connectivity index (χ2v) is 12.4. The predicted octanol–water partition coefficient (Wildman–Crippen LogP) is 6.48. The number of amides is 2. The molecule has 0 unspecified atom stereocenters. The van der Waals surface area contributed by atoms with Crippen molar-refractivity contribution in [2.45, 2.75) is 6.54 Å². The average molecular weight is 699 g/mol. The molecular weight excluding hydrogens is 677 g/mol. The molecule has 0 bridgehead atoms. The van der Waals surface area contributed by atoms with Crippen LogP contribution in [0.3, 0.4) is 0 Å². The molecule has 3 heterocycles. The molecule has 5 aromatic rings.